The van der Waals surface area contributed by atoms with Crippen molar-refractivity contribution in [3.8, 4) is 91.8 Å². The molecule has 0 radical (unpaired) electrons. The highest BCUT2D eigenvalue weighted by atomic mass is 15.0. The average Bonchev–Trinajstić information content (AvgIpc) is 3.95. The van der Waals surface area contributed by atoms with E-state index < -0.39 is 0 Å². The molecule has 9 aromatic carbocycles. The van der Waals surface area contributed by atoms with Crippen molar-refractivity contribution < 1.29 is 0 Å². The number of rotatable bonds is 7. The van der Waals surface area contributed by atoms with Gasteiger partial charge in [0.05, 0.1) is 80.0 Å². The summed E-state index contributed by atoms with van der Waals surface area (Å²) in [5, 5.41) is 43.6. The SMILES string of the molecule is N#Cc1ccc(-c2ccc3c(c2)c2ccccc2n3-c2cc(-c3cc(-c4ccccc4)nc(-c4ccccc4)n3)cc(-n3c4ccccc4c4cc(-c5ccc(C#N)cc5C#N)ccc43)c2)c(C#N)c1. The molecule has 12 aromatic rings. The van der Waals surface area contributed by atoms with Crippen molar-refractivity contribution in [2.75, 3.05) is 0 Å². The minimum absolute atomic E-state index is 0.437. The molecule has 0 unspecified atom stereocenters. The molecule has 0 aliphatic carbocycles. The van der Waals surface area contributed by atoms with Gasteiger partial charge in [0.15, 0.2) is 5.82 Å². The van der Waals surface area contributed by atoms with Gasteiger partial charge in [0.25, 0.3) is 0 Å². The van der Waals surface area contributed by atoms with Gasteiger partial charge in [-0.05, 0) is 107 Å². The molecular weight excluding hydrogens is 857 g/mol. The van der Waals surface area contributed by atoms with Gasteiger partial charge in [-0.25, -0.2) is 9.97 Å². The molecule has 0 aliphatic rings. The van der Waals surface area contributed by atoms with Gasteiger partial charge in [0, 0.05) is 49.6 Å². The van der Waals surface area contributed by atoms with Crippen LogP contribution in [0.4, 0.5) is 0 Å². The topological polar surface area (TPSA) is 131 Å². The number of para-hydroxylation sites is 2. The van der Waals surface area contributed by atoms with Crippen LogP contribution in [0.2, 0.25) is 0 Å². The van der Waals surface area contributed by atoms with E-state index in [2.05, 4.69) is 130 Å². The number of hydrogen-bond acceptors (Lipinski definition) is 6. The van der Waals surface area contributed by atoms with E-state index in [4.69, 9.17) is 9.97 Å². The van der Waals surface area contributed by atoms with Gasteiger partial charge in [0.1, 0.15) is 0 Å². The molecular formula is C62H34N8. The largest absolute Gasteiger partial charge is 0.309 e. The van der Waals surface area contributed by atoms with Crippen LogP contribution >= 0.6 is 0 Å². The van der Waals surface area contributed by atoms with Crippen molar-refractivity contribution in [1.82, 2.24) is 19.1 Å². The molecule has 3 aromatic heterocycles. The molecule has 0 atom stereocenters. The van der Waals surface area contributed by atoms with Gasteiger partial charge in [-0.2, -0.15) is 21.0 Å². The Hall–Kier alpha value is -10.4. The maximum atomic E-state index is 10.2. The van der Waals surface area contributed by atoms with Crippen LogP contribution in [0.15, 0.2) is 206 Å². The molecule has 70 heavy (non-hydrogen) atoms. The first-order valence-corrected chi connectivity index (χ1v) is 22.6. The molecule has 0 amide bonds. The van der Waals surface area contributed by atoms with Crippen LogP contribution in [-0.2, 0) is 0 Å². The summed E-state index contributed by atoms with van der Waals surface area (Å²) in [7, 11) is 0. The van der Waals surface area contributed by atoms with E-state index in [1.54, 1.807) is 24.3 Å². The summed E-state index contributed by atoms with van der Waals surface area (Å²) < 4.78 is 4.59. The second-order valence-corrected chi connectivity index (χ2v) is 17.1. The monoisotopic (exact) mass is 890 g/mol. The summed E-state index contributed by atoms with van der Waals surface area (Å²) in [6, 6.07) is 77.7. The van der Waals surface area contributed by atoms with Gasteiger partial charge in [-0.1, -0.05) is 121 Å². The fourth-order valence-corrected chi connectivity index (χ4v) is 9.82. The van der Waals surface area contributed by atoms with Gasteiger partial charge in [-0.3, -0.25) is 0 Å². The third kappa shape index (κ3) is 6.90. The number of aromatic nitrogens is 4. The van der Waals surface area contributed by atoms with Crippen LogP contribution in [0.5, 0.6) is 0 Å². The van der Waals surface area contributed by atoms with Crippen LogP contribution in [-0.4, -0.2) is 19.1 Å². The number of hydrogen-bond donors (Lipinski definition) is 0. The van der Waals surface area contributed by atoms with E-state index in [9.17, 15) is 21.0 Å². The lowest BCUT2D eigenvalue weighted by atomic mass is 9.97. The van der Waals surface area contributed by atoms with E-state index >= 15 is 0 Å². The van der Waals surface area contributed by atoms with Gasteiger partial charge in [-0.15, -0.1) is 0 Å². The molecule has 0 fully saturated rings. The summed E-state index contributed by atoms with van der Waals surface area (Å²) in [5.74, 6) is 0.608. The summed E-state index contributed by atoms with van der Waals surface area (Å²) >= 11 is 0. The zero-order valence-electron chi connectivity index (χ0n) is 37.2. The number of nitriles is 4. The number of fused-ring (bicyclic) bond motifs is 6. The predicted octanol–water partition coefficient (Wildman–Crippen LogP) is 14.5. The first-order valence-electron chi connectivity index (χ1n) is 22.6. The Morgan fingerprint density at radius 3 is 1.24 bits per heavy atom. The maximum absolute atomic E-state index is 10.2. The van der Waals surface area contributed by atoms with Crippen molar-refractivity contribution in [2.24, 2.45) is 0 Å². The lowest BCUT2D eigenvalue weighted by Gasteiger charge is -2.17. The van der Waals surface area contributed by atoms with Crippen molar-refractivity contribution in [1.29, 1.82) is 21.0 Å². The number of benzene rings is 9. The molecule has 0 bridgehead atoms. The van der Waals surface area contributed by atoms with Crippen LogP contribution < -0.4 is 0 Å². The minimum Gasteiger partial charge on any atom is -0.309 e. The van der Waals surface area contributed by atoms with E-state index in [1.807, 2.05) is 84.9 Å². The van der Waals surface area contributed by atoms with Crippen molar-refractivity contribution in [3.05, 3.63) is 229 Å². The van der Waals surface area contributed by atoms with E-state index in [0.29, 0.717) is 28.1 Å². The summed E-state index contributed by atoms with van der Waals surface area (Å²) in [5.41, 5.74) is 15.1. The third-order valence-corrected chi connectivity index (χ3v) is 13.0. The van der Waals surface area contributed by atoms with Gasteiger partial charge < -0.3 is 9.13 Å². The molecule has 0 saturated carbocycles. The van der Waals surface area contributed by atoms with Gasteiger partial charge in [0.2, 0.25) is 0 Å². The standard InChI is InChI=1S/C62H34N8/c63-35-39-19-23-50(46(27-39)37-65)43-21-25-60-54(31-43)52-15-7-9-17-58(52)69(60)48-29-45(57-34-56(41-11-3-1-4-12-41)67-62(68-57)42-13-5-2-6-14-42)30-49(33-48)70-59-18-10-8-16-53(59)55-32-44(22-26-61(55)70)51-24-20-40(36-64)28-47(51)38-66/h1-34H. The van der Waals surface area contributed by atoms with Crippen molar-refractivity contribution >= 4 is 43.6 Å². The Kier molecular flexibility index (Phi) is 9.86. The molecule has 12 rings (SSSR count). The summed E-state index contributed by atoms with van der Waals surface area (Å²) in [6.07, 6.45) is 0. The molecule has 8 heteroatoms. The van der Waals surface area contributed by atoms with Crippen LogP contribution in [0, 0.1) is 45.3 Å². The predicted molar refractivity (Wildman–Crippen MR) is 277 cm³/mol. The van der Waals surface area contributed by atoms with Crippen LogP contribution in [0.3, 0.4) is 0 Å². The summed E-state index contributed by atoms with van der Waals surface area (Å²) in [6.45, 7) is 0. The lowest BCUT2D eigenvalue weighted by Crippen LogP contribution is -2.02. The minimum atomic E-state index is 0.437. The highest BCUT2D eigenvalue weighted by Crippen LogP contribution is 2.41. The molecule has 3 heterocycles. The van der Waals surface area contributed by atoms with Crippen LogP contribution in [0.25, 0.3) is 111 Å². The first-order chi connectivity index (χ1) is 34.5. The van der Waals surface area contributed by atoms with Crippen LogP contribution in [0.1, 0.15) is 22.3 Å². The Morgan fingerprint density at radius 2 is 0.757 bits per heavy atom. The van der Waals surface area contributed by atoms with E-state index in [0.717, 1.165) is 105 Å². The quantitative estimate of drug-likeness (QED) is 0.157. The van der Waals surface area contributed by atoms with E-state index in [1.165, 1.54) is 0 Å². The fraction of sp³-hybridized carbons (Fsp3) is 0. The highest BCUT2D eigenvalue weighted by molar-refractivity contribution is 6.12. The molecule has 0 N–H and O–H groups in total. The zero-order chi connectivity index (χ0) is 47.3. The normalized spacial score (nSPS) is 11.1. The summed E-state index contributed by atoms with van der Waals surface area (Å²) in [4.78, 5) is 10.4. The molecule has 0 saturated heterocycles. The van der Waals surface area contributed by atoms with Gasteiger partial charge >= 0.3 is 0 Å². The Labute approximate surface area is 402 Å². The molecule has 322 valence electrons. The molecule has 8 nitrogen and oxygen atoms in total. The fourth-order valence-electron chi connectivity index (χ4n) is 9.82. The third-order valence-electron chi connectivity index (χ3n) is 13.0. The first kappa shape index (κ1) is 41.1. The average molecular weight is 891 g/mol. The highest BCUT2D eigenvalue weighted by Gasteiger charge is 2.21. The maximum Gasteiger partial charge on any atom is 0.160 e. The Bertz CT molecular complexity index is 4020. The van der Waals surface area contributed by atoms with Crippen molar-refractivity contribution in [2.45, 2.75) is 0 Å². The van der Waals surface area contributed by atoms with Crippen molar-refractivity contribution in [3.63, 3.8) is 0 Å². The Balaban J connectivity index is 1.14. The molecule has 0 spiro atoms. The number of nitrogens with zero attached hydrogens (tertiary/aromatic N) is 8. The second-order valence-electron chi connectivity index (χ2n) is 17.1. The Morgan fingerprint density at radius 1 is 0.314 bits per heavy atom. The van der Waals surface area contributed by atoms with E-state index in [-0.39, 0.29) is 0 Å². The zero-order valence-corrected chi connectivity index (χ0v) is 37.2. The molecule has 0 aliphatic heterocycles. The lowest BCUT2D eigenvalue weighted by molar-refractivity contribution is 1.13. The smallest absolute Gasteiger partial charge is 0.160 e. The second kappa shape index (κ2) is 16.8.